The predicted molar refractivity (Wildman–Crippen MR) is 88.8 cm³/mol. The van der Waals surface area contributed by atoms with Gasteiger partial charge in [-0.05, 0) is 24.3 Å². The molecule has 6 nitrogen and oxygen atoms in total. The van der Waals surface area contributed by atoms with Crippen molar-refractivity contribution in [1.29, 1.82) is 0 Å². The molecule has 6 heteroatoms. The van der Waals surface area contributed by atoms with Gasteiger partial charge in [-0.15, -0.1) is 0 Å². The molecule has 0 N–H and O–H groups in total. The highest BCUT2D eigenvalue weighted by Gasteiger charge is 2.12. The molecule has 0 saturated heterocycles. The molecule has 0 spiro atoms. The van der Waals surface area contributed by atoms with E-state index in [2.05, 4.69) is 9.72 Å². The Kier molecular flexibility index (Phi) is 4.89. The van der Waals surface area contributed by atoms with Crippen LogP contribution in [0.2, 0.25) is 0 Å². The van der Waals surface area contributed by atoms with Crippen LogP contribution in [-0.2, 0) is 16.1 Å². The number of aromatic nitrogens is 1. The molecule has 25 heavy (non-hydrogen) atoms. The zero-order chi connectivity index (χ0) is 17.6. The summed E-state index contributed by atoms with van der Waals surface area (Å²) < 4.78 is 15.4. The van der Waals surface area contributed by atoms with Crippen molar-refractivity contribution in [2.45, 2.75) is 6.61 Å². The van der Waals surface area contributed by atoms with E-state index in [9.17, 15) is 9.59 Å². The standard InChI is InChI=1S/C19H15NO5/c1-23-18(21)14-7-9-15(10-8-14)19(22)24-12-17-20-11-16(25-17)13-5-3-2-4-6-13/h2-11H,12H2,1H3. The zero-order valence-corrected chi connectivity index (χ0v) is 13.5. The van der Waals surface area contributed by atoms with E-state index >= 15 is 0 Å². The Balaban J connectivity index is 1.61. The minimum Gasteiger partial charge on any atom is -0.465 e. The molecular formula is C19H15NO5. The van der Waals surface area contributed by atoms with Crippen LogP contribution in [0.4, 0.5) is 0 Å². The summed E-state index contributed by atoms with van der Waals surface area (Å²) in [4.78, 5) is 27.5. The van der Waals surface area contributed by atoms with E-state index < -0.39 is 11.9 Å². The van der Waals surface area contributed by atoms with E-state index in [1.165, 1.54) is 31.4 Å². The second kappa shape index (κ2) is 7.44. The van der Waals surface area contributed by atoms with Gasteiger partial charge in [-0.25, -0.2) is 14.6 Å². The minimum atomic E-state index is -0.532. The SMILES string of the molecule is COC(=O)c1ccc(C(=O)OCc2ncc(-c3ccccc3)o2)cc1. The number of rotatable bonds is 5. The van der Waals surface area contributed by atoms with Crippen molar-refractivity contribution in [2.24, 2.45) is 0 Å². The number of hydrogen-bond donors (Lipinski definition) is 0. The summed E-state index contributed by atoms with van der Waals surface area (Å²) in [5.41, 5.74) is 1.58. The van der Waals surface area contributed by atoms with E-state index in [0.29, 0.717) is 22.8 Å². The Morgan fingerprint density at radius 1 is 0.960 bits per heavy atom. The number of carbonyl (C=O) groups is 2. The lowest BCUT2D eigenvalue weighted by Crippen LogP contribution is -2.07. The van der Waals surface area contributed by atoms with Gasteiger partial charge in [0.25, 0.3) is 0 Å². The molecule has 0 fully saturated rings. The molecule has 3 rings (SSSR count). The normalized spacial score (nSPS) is 10.3. The van der Waals surface area contributed by atoms with Crippen molar-refractivity contribution in [2.75, 3.05) is 7.11 Å². The van der Waals surface area contributed by atoms with Crippen LogP contribution in [0, 0.1) is 0 Å². The molecule has 1 aromatic heterocycles. The van der Waals surface area contributed by atoms with Gasteiger partial charge < -0.3 is 13.9 Å². The van der Waals surface area contributed by atoms with Gasteiger partial charge in [-0.1, -0.05) is 30.3 Å². The second-order valence-corrected chi connectivity index (χ2v) is 5.13. The van der Waals surface area contributed by atoms with Gasteiger partial charge in [0.05, 0.1) is 24.4 Å². The number of ether oxygens (including phenoxy) is 2. The van der Waals surface area contributed by atoms with Crippen molar-refractivity contribution in [3.63, 3.8) is 0 Å². The molecule has 1 heterocycles. The third-order valence-electron chi connectivity index (χ3n) is 3.48. The van der Waals surface area contributed by atoms with Gasteiger partial charge >= 0.3 is 11.9 Å². The smallest absolute Gasteiger partial charge is 0.338 e. The van der Waals surface area contributed by atoms with Crippen LogP contribution in [0.5, 0.6) is 0 Å². The van der Waals surface area contributed by atoms with Crippen LogP contribution < -0.4 is 0 Å². The maximum absolute atomic E-state index is 12.0. The fraction of sp³-hybridized carbons (Fsp3) is 0.105. The van der Waals surface area contributed by atoms with E-state index in [4.69, 9.17) is 9.15 Å². The van der Waals surface area contributed by atoms with Gasteiger partial charge in [0.1, 0.15) is 0 Å². The molecule has 0 radical (unpaired) electrons. The Morgan fingerprint density at radius 3 is 2.24 bits per heavy atom. The first-order valence-electron chi connectivity index (χ1n) is 7.53. The van der Waals surface area contributed by atoms with Gasteiger partial charge in [-0.3, -0.25) is 0 Å². The Bertz CT molecular complexity index is 868. The molecule has 3 aromatic rings. The summed E-state index contributed by atoms with van der Waals surface area (Å²) in [6.45, 7) is -0.0789. The highest BCUT2D eigenvalue weighted by atomic mass is 16.5. The molecule has 0 saturated carbocycles. The van der Waals surface area contributed by atoms with Crippen molar-refractivity contribution < 1.29 is 23.5 Å². The monoisotopic (exact) mass is 337 g/mol. The van der Waals surface area contributed by atoms with Gasteiger partial charge in [0, 0.05) is 5.56 Å². The molecule has 126 valence electrons. The molecule has 2 aromatic carbocycles. The van der Waals surface area contributed by atoms with Crippen LogP contribution in [0.15, 0.2) is 65.2 Å². The summed E-state index contributed by atoms with van der Waals surface area (Å²) in [6.07, 6.45) is 1.59. The zero-order valence-electron chi connectivity index (χ0n) is 13.5. The molecule has 0 atom stereocenters. The molecule has 0 aliphatic heterocycles. The Hall–Kier alpha value is -3.41. The molecule has 0 aliphatic rings. The Labute approximate surface area is 144 Å². The molecule has 0 amide bonds. The van der Waals surface area contributed by atoms with E-state index in [1.54, 1.807) is 6.20 Å². The second-order valence-electron chi connectivity index (χ2n) is 5.13. The fourth-order valence-electron chi connectivity index (χ4n) is 2.18. The number of nitrogens with zero attached hydrogens (tertiary/aromatic N) is 1. The molecule has 0 aliphatic carbocycles. The maximum Gasteiger partial charge on any atom is 0.338 e. The predicted octanol–water partition coefficient (Wildman–Crippen LogP) is 3.49. The molecule has 0 bridgehead atoms. The van der Waals surface area contributed by atoms with Crippen LogP contribution in [0.25, 0.3) is 11.3 Å². The van der Waals surface area contributed by atoms with Crippen LogP contribution in [0.1, 0.15) is 26.6 Å². The first-order chi connectivity index (χ1) is 12.2. The summed E-state index contributed by atoms with van der Waals surface area (Å²) in [5, 5.41) is 0. The number of oxazole rings is 1. The number of benzene rings is 2. The van der Waals surface area contributed by atoms with Gasteiger partial charge in [0.2, 0.25) is 5.89 Å². The number of carbonyl (C=O) groups excluding carboxylic acids is 2. The van der Waals surface area contributed by atoms with Crippen LogP contribution in [-0.4, -0.2) is 24.0 Å². The van der Waals surface area contributed by atoms with Crippen molar-refractivity contribution in [3.05, 3.63) is 77.8 Å². The molecule has 0 unspecified atom stereocenters. The average molecular weight is 337 g/mol. The summed E-state index contributed by atoms with van der Waals surface area (Å²) in [5.74, 6) is -0.0866. The topological polar surface area (TPSA) is 78.6 Å². The summed E-state index contributed by atoms with van der Waals surface area (Å²) in [6, 6.07) is 15.5. The third-order valence-corrected chi connectivity index (χ3v) is 3.48. The lowest BCUT2D eigenvalue weighted by molar-refractivity contribution is 0.0438. The van der Waals surface area contributed by atoms with Crippen LogP contribution >= 0.6 is 0 Å². The quantitative estimate of drug-likeness (QED) is 0.663. The average Bonchev–Trinajstić information content (AvgIpc) is 3.15. The first kappa shape index (κ1) is 16.4. The van der Waals surface area contributed by atoms with Crippen molar-refractivity contribution in [1.82, 2.24) is 4.98 Å². The minimum absolute atomic E-state index is 0.0789. The lowest BCUT2D eigenvalue weighted by Gasteiger charge is -2.03. The lowest BCUT2D eigenvalue weighted by atomic mass is 10.1. The number of methoxy groups -OCH3 is 1. The van der Waals surface area contributed by atoms with E-state index in [1.807, 2.05) is 30.3 Å². The Morgan fingerprint density at radius 2 is 1.60 bits per heavy atom. The first-order valence-corrected chi connectivity index (χ1v) is 7.53. The number of hydrogen-bond acceptors (Lipinski definition) is 6. The molecular weight excluding hydrogens is 322 g/mol. The van der Waals surface area contributed by atoms with Gasteiger partial charge in [0.15, 0.2) is 12.4 Å². The van der Waals surface area contributed by atoms with Gasteiger partial charge in [-0.2, -0.15) is 0 Å². The fourth-order valence-corrected chi connectivity index (χ4v) is 2.18. The van der Waals surface area contributed by atoms with Crippen molar-refractivity contribution in [3.8, 4) is 11.3 Å². The highest BCUT2D eigenvalue weighted by Crippen LogP contribution is 2.20. The van der Waals surface area contributed by atoms with E-state index in [0.717, 1.165) is 5.56 Å². The number of esters is 2. The highest BCUT2D eigenvalue weighted by molar-refractivity contribution is 5.93. The van der Waals surface area contributed by atoms with Crippen LogP contribution in [0.3, 0.4) is 0 Å². The van der Waals surface area contributed by atoms with Crippen molar-refractivity contribution >= 4 is 11.9 Å². The summed E-state index contributed by atoms with van der Waals surface area (Å²) >= 11 is 0. The van der Waals surface area contributed by atoms with E-state index in [-0.39, 0.29) is 6.61 Å². The summed E-state index contributed by atoms with van der Waals surface area (Å²) in [7, 11) is 1.30. The third kappa shape index (κ3) is 3.92. The maximum atomic E-state index is 12.0. The largest absolute Gasteiger partial charge is 0.465 e.